The van der Waals surface area contributed by atoms with E-state index in [4.69, 9.17) is 23.2 Å². The van der Waals surface area contributed by atoms with E-state index < -0.39 is 45.9 Å². The molecule has 9 heteroatoms. The molecule has 44 heavy (non-hydrogen) atoms. The van der Waals surface area contributed by atoms with Gasteiger partial charge in [0.15, 0.2) is 0 Å². The van der Waals surface area contributed by atoms with Crippen LogP contribution < -0.4 is 10.6 Å². The summed E-state index contributed by atoms with van der Waals surface area (Å²) in [5, 5.41) is 5.62. The zero-order chi connectivity index (χ0) is 31.0. The Kier molecular flexibility index (Phi) is 6.46. The smallest absolute Gasteiger partial charge is 0.255 e. The molecule has 4 aliphatic rings. The summed E-state index contributed by atoms with van der Waals surface area (Å²) < 4.78 is 0. The van der Waals surface area contributed by atoms with E-state index in [9.17, 15) is 19.2 Å². The number of rotatable bonds is 5. The van der Waals surface area contributed by atoms with Gasteiger partial charge in [0.05, 0.1) is 11.8 Å². The Bertz CT molecular complexity index is 1800. The maximum absolute atomic E-state index is 14.0. The Labute approximate surface area is 264 Å². The Balaban J connectivity index is 1.14. The van der Waals surface area contributed by atoms with Crippen molar-refractivity contribution < 1.29 is 19.2 Å². The summed E-state index contributed by atoms with van der Waals surface area (Å²) in [7, 11) is 0. The SMILES string of the molecule is Cc1ccc(NC(=O)c2cccc(NC(=O)CN3C(=O)[C@H]4[C@H](C3=O)C3(Cl)c5ccccc5C4(Cl)c4ccccc43)c2)c(C)c1. The van der Waals surface area contributed by atoms with Crippen LogP contribution >= 0.6 is 23.2 Å². The summed E-state index contributed by atoms with van der Waals surface area (Å²) in [5.74, 6) is -3.97. The number of alkyl halides is 2. The summed E-state index contributed by atoms with van der Waals surface area (Å²) in [4.78, 5) is 52.5. The zero-order valence-electron chi connectivity index (χ0n) is 23.9. The molecule has 0 aromatic heterocycles. The Hall–Kier alpha value is -4.46. The van der Waals surface area contributed by atoms with Gasteiger partial charge < -0.3 is 10.6 Å². The lowest BCUT2D eigenvalue weighted by atomic mass is 9.54. The van der Waals surface area contributed by atoms with Gasteiger partial charge in [-0.05, 0) is 65.9 Å². The average Bonchev–Trinajstić information content (AvgIpc) is 3.27. The lowest BCUT2D eigenvalue weighted by molar-refractivity contribution is -0.142. The predicted octanol–water partition coefficient (Wildman–Crippen LogP) is 6.09. The number of hydrogen-bond acceptors (Lipinski definition) is 4. The van der Waals surface area contributed by atoms with Crippen LogP contribution in [0, 0.1) is 25.7 Å². The van der Waals surface area contributed by atoms with E-state index in [1.54, 1.807) is 24.3 Å². The number of hydrogen-bond donors (Lipinski definition) is 2. The van der Waals surface area contributed by atoms with E-state index in [-0.39, 0.29) is 5.91 Å². The second-order valence-electron chi connectivity index (χ2n) is 11.6. The third-order valence-corrected chi connectivity index (χ3v) is 10.3. The molecule has 1 saturated heterocycles. The van der Waals surface area contributed by atoms with Gasteiger partial charge in [-0.25, -0.2) is 0 Å². The van der Waals surface area contributed by atoms with Gasteiger partial charge in [-0.15, -0.1) is 23.2 Å². The molecule has 0 spiro atoms. The predicted molar refractivity (Wildman–Crippen MR) is 169 cm³/mol. The first-order chi connectivity index (χ1) is 21.0. The fraction of sp³-hybridized carbons (Fsp3) is 0.200. The first-order valence-corrected chi connectivity index (χ1v) is 15.0. The Morgan fingerprint density at radius 2 is 1.27 bits per heavy atom. The highest BCUT2D eigenvalue weighted by atomic mass is 35.5. The van der Waals surface area contributed by atoms with Gasteiger partial charge in [-0.2, -0.15) is 0 Å². The molecular formula is C35H27Cl2N3O4. The molecule has 4 amide bonds. The monoisotopic (exact) mass is 623 g/mol. The summed E-state index contributed by atoms with van der Waals surface area (Å²) in [5.41, 5.74) is 6.17. The lowest BCUT2D eigenvalue weighted by Crippen LogP contribution is -2.57. The van der Waals surface area contributed by atoms with Gasteiger partial charge in [-0.3, -0.25) is 24.1 Å². The lowest BCUT2D eigenvalue weighted by Gasteiger charge is -2.54. The molecule has 2 atom stereocenters. The highest BCUT2D eigenvalue weighted by Gasteiger charge is 2.73. The van der Waals surface area contributed by atoms with Crippen molar-refractivity contribution in [3.8, 4) is 0 Å². The fourth-order valence-electron chi connectivity index (χ4n) is 7.11. The highest BCUT2D eigenvalue weighted by molar-refractivity contribution is 6.36. The van der Waals surface area contributed by atoms with E-state index in [0.29, 0.717) is 39.2 Å². The van der Waals surface area contributed by atoms with E-state index in [0.717, 1.165) is 16.0 Å². The molecule has 2 N–H and O–H groups in total. The molecule has 0 radical (unpaired) electrons. The van der Waals surface area contributed by atoms with E-state index in [1.165, 1.54) is 0 Å². The van der Waals surface area contributed by atoms with Crippen molar-refractivity contribution in [2.75, 3.05) is 17.2 Å². The highest BCUT2D eigenvalue weighted by Crippen LogP contribution is 2.69. The van der Waals surface area contributed by atoms with Crippen molar-refractivity contribution in [3.05, 3.63) is 130 Å². The van der Waals surface area contributed by atoms with Gasteiger partial charge in [-0.1, -0.05) is 72.3 Å². The number of aryl methyl sites for hydroxylation is 2. The Morgan fingerprint density at radius 3 is 1.80 bits per heavy atom. The number of nitrogens with zero attached hydrogens (tertiary/aromatic N) is 1. The van der Waals surface area contributed by atoms with Crippen molar-refractivity contribution in [2.24, 2.45) is 11.8 Å². The topological polar surface area (TPSA) is 95.6 Å². The van der Waals surface area contributed by atoms with Crippen LogP contribution in [0.1, 0.15) is 43.7 Å². The molecule has 8 rings (SSSR count). The number of imide groups is 1. The maximum Gasteiger partial charge on any atom is 0.255 e. The van der Waals surface area contributed by atoms with Crippen molar-refractivity contribution in [2.45, 2.75) is 23.6 Å². The van der Waals surface area contributed by atoms with Gasteiger partial charge in [0, 0.05) is 16.9 Å². The molecule has 1 heterocycles. The molecule has 0 saturated carbocycles. The second kappa shape index (κ2) is 10.0. The molecule has 1 fully saturated rings. The van der Waals surface area contributed by atoms with Gasteiger partial charge in [0.25, 0.3) is 5.91 Å². The number of likely N-dealkylation sites (tertiary alicyclic amines) is 1. The normalized spacial score (nSPS) is 24.4. The van der Waals surface area contributed by atoms with Crippen LogP contribution in [0.15, 0.2) is 91.0 Å². The molecule has 2 bridgehead atoms. The van der Waals surface area contributed by atoms with Gasteiger partial charge >= 0.3 is 0 Å². The van der Waals surface area contributed by atoms with E-state index >= 15 is 0 Å². The maximum atomic E-state index is 14.0. The number of benzene rings is 4. The van der Waals surface area contributed by atoms with E-state index in [1.807, 2.05) is 80.6 Å². The summed E-state index contributed by atoms with van der Waals surface area (Å²) in [6, 6.07) is 26.9. The van der Waals surface area contributed by atoms with Gasteiger partial charge in [0.2, 0.25) is 17.7 Å². The average molecular weight is 625 g/mol. The first kappa shape index (κ1) is 28.3. The van der Waals surface area contributed by atoms with Crippen molar-refractivity contribution in [1.29, 1.82) is 0 Å². The molecule has 0 unspecified atom stereocenters. The number of halogens is 2. The third kappa shape index (κ3) is 3.96. The standard InChI is InChI=1S/C35H27Cl2N3O4/c1-19-14-15-27(20(2)16-19)39-31(42)21-8-7-9-22(17-21)38-28(41)18-40-32(43)29-30(33(40)44)35(37)24-11-4-3-10-23(24)34(29,36)25-12-5-6-13-26(25)35/h3-17,29-30H,18H2,1-2H3,(H,38,41)(H,39,42)/t29-,30-,34?,35?/m1/s1. The van der Waals surface area contributed by atoms with E-state index in [2.05, 4.69) is 10.6 Å². The molecule has 1 aliphatic heterocycles. The van der Waals surface area contributed by atoms with Crippen molar-refractivity contribution >= 4 is 58.2 Å². The van der Waals surface area contributed by atoms with Crippen LogP contribution in [0.5, 0.6) is 0 Å². The zero-order valence-corrected chi connectivity index (χ0v) is 25.4. The number of carbonyl (C=O) groups excluding carboxylic acids is 4. The molecule has 3 aliphatic carbocycles. The minimum atomic E-state index is -1.32. The van der Waals surface area contributed by atoms with Crippen LogP contribution in [-0.2, 0) is 24.1 Å². The van der Waals surface area contributed by atoms with Crippen molar-refractivity contribution in [3.63, 3.8) is 0 Å². The van der Waals surface area contributed by atoms with Crippen LogP contribution in [0.4, 0.5) is 11.4 Å². The largest absolute Gasteiger partial charge is 0.325 e. The fourth-order valence-corrected chi connectivity index (χ4v) is 8.21. The third-order valence-electron chi connectivity index (χ3n) is 9.02. The molecule has 4 aromatic carbocycles. The van der Waals surface area contributed by atoms with Crippen LogP contribution in [0.3, 0.4) is 0 Å². The molecule has 7 nitrogen and oxygen atoms in total. The van der Waals surface area contributed by atoms with Crippen molar-refractivity contribution in [1.82, 2.24) is 4.90 Å². The summed E-state index contributed by atoms with van der Waals surface area (Å²) in [6.07, 6.45) is 0. The summed E-state index contributed by atoms with van der Waals surface area (Å²) >= 11 is 14.9. The molecule has 220 valence electrons. The van der Waals surface area contributed by atoms with Crippen LogP contribution in [0.2, 0.25) is 0 Å². The minimum Gasteiger partial charge on any atom is -0.325 e. The van der Waals surface area contributed by atoms with Crippen LogP contribution in [0.25, 0.3) is 0 Å². The number of nitrogens with one attached hydrogen (secondary N) is 2. The molecular weight excluding hydrogens is 597 g/mol. The first-order valence-electron chi connectivity index (χ1n) is 14.3. The van der Waals surface area contributed by atoms with Gasteiger partial charge in [0.1, 0.15) is 16.3 Å². The number of anilines is 2. The minimum absolute atomic E-state index is 0.336. The number of carbonyl (C=O) groups is 4. The number of amides is 4. The van der Waals surface area contributed by atoms with Crippen LogP contribution in [-0.4, -0.2) is 35.1 Å². The Morgan fingerprint density at radius 1 is 0.727 bits per heavy atom. The second-order valence-corrected chi connectivity index (χ2v) is 12.8. The summed E-state index contributed by atoms with van der Waals surface area (Å²) in [6.45, 7) is 3.37. The molecule has 4 aromatic rings. The quantitative estimate of drug-likeness (QED) is 0.208.